The summed E-state index contributed by atoms with van der Waals surface area (Å²) in [5.74, 6) is -1.41. The number of carbonyl (C=O) groups is 4. The lowest BCUT2D eigenvalue weighted by atomic mass is 9.97. The lowest BCUT2D eigenvalue weighted by Crippen LogP contribution is -2.43. The Hall–Kier alpha value is -4.41. The second kappa shape index (κ2) is 15.5. The summed E-state index contributed by atoms with van der Waals surface area (Å²) < 4.78 is 22.1. The van der Waals surface area contributed by atoms with Crippen LogP contribution in [0, 0.1) is 10.8 Å². The molecule has 254 valence electrons. The van der Waals surface area contributed by atoms with E-state index in [1.54, 1.807) is 53.7 Å². The molecule has 0 aliphatic heterocycles. The van der Waals surface area contributed by atoms with Crippen molar-refractivity contribution in [2.45, 2.75) is 67.9 Å². The Labute approximate surface area is 282 Å². The number of ether oxygens (including phenoxy) is 4. The van der Waals surface area contributed by atoms with E-state index in [9.17, 15) is 24.3 Å². The van der Waals surface area contributed by atoms with E-state index in [-0.39, 0.29) is 59.7 Å². The molecule has 0 aromatic heterocycles. The zero-order valence-corrected chi connectivity index (χ0v) is 29.2. The molecule has 3 rings (SSSR count). The van der Waals surface area contributed by atoms with E-state index >= 15 is 0 Å². The number of anilines is 1. The molecule has 0 bridgehead atoms. The van der Waals surface area contributed by atoms with E-state index in [4.69, 9.17) is 18.9 Å². The molecule has 0 aliphatic carbocycles. The Morgan fingerprint density at radius 1 is 0.574 bits per heavy atom. The molecule has 0 saturated heterocycles. The maximum atomic E-state index is 13.1. The van der Waals surface area contributed by atoms with Crippen LogP contribution in [0.5, 0.6) is 23.0 Å². The fraction of sp³-hybridized carbons (Fsp3) is 0.389. The molecular weight excluding hydrogens is 626 g/mol. The first kappa shape index (κ1) is 38.8. The van der Waals surface area contributed by atoms with Gasteiger partial charge in [0.15, 0.2) is 0 Å². The standard InChI is InChI=1S/C36H43NO9.ClH/c1-34(2,3)32(41)45-26-14-10-23(11-15-26)30(39)43-28-20-25(37(18-19-38)36(7,8)9)21-29(22-28)44-31(40)24-12-16-27(17-13-24)46-33(42)35(4,5)6;/h10-17,20-22,38H,18-19H2,1-9H3;1H. The Balaban J connectivity index is 0.00000768. The molecule has 0 spiro atoms. The molecule has 0 atom stereocenters. The summed E-state index contributed by atoms with van der Waals surface area (Å²) in [5, 5.41) is 9.76. The zero-order chi connectivity index (χ0) is 34.4. The van der Waals surface area contributed by atoms with E-state index in [0.717, 1.165) is 0 Å². The molecule has 47 heavy (non-hydrogen) atoms. The molecule has 0 saturated carbocycles. The lowest BCUT2D eigenvalue weighted by molar-refractivity contribution is -0.143. The smallest absolute Gasteiger partial charge is 0.343 e. The third-order valence-electron chi connectivity index (χ3n) is 6.56. The summed E-state index contributed by atoms with van der Waals surface area (Å²) in [4.78, 5) is 52.5. The van der Waals surface area contributed by atoms with Gasteiger partial charge in [0.25, 0.3) is 0 Å². The van der Waals surface area contributed by atoms with Crippen LogP contribution in [-0.4, -0.2) is 47.7 Å². The Morgan fingerprint density at radius 3 is 1.23 bits per heavy atom. The molecule has 1 N–H and O–H groups in total. The molecule has 3 aromatic rings. The number of hydrogen-bond donors (Lipinski definition) is 1. The van der Waals surface area contributed by atoms with Crippen LogP contribution in [0.25, 0.3) is 0 Å². The first-order chi connectivity index (χ1) is 21.3. The quantitative estimate of drug-likeness (QED) is 0.187. The summed E-state index contributed by atoms with van der Waals surface area (Å²) >= 11 is 0. The zero-order valence-electron chi connectivity index (χ0n) is 28.3. The molecule has 0 fully saturated rings. The highest BCUT2D eigenvalue weighted by Gasteiger charge is 2.26. The van der Waals surface area contributed by atoms with Crippen LogP contribution in [-0.2, 0) is 9.59 Å². The molecule has 0 aliphatic rings. The van der Waals surface area contributed by atoms with E-state index in [0.29, 0.717) is 5.69 Å². The van der Waals surface area contributed by atoms with Gasteiger partial charge in [0.05, 0.1) is 28.6 Å². The second-order valence-corrected chi connectivity index (χ2v) is 13.8. The van der Waals surface area contributed by atoms with Crippen molar-refractivity contribution in [1.82, 2.24) is 0 Å². The minimum Gasteiger partial charge on any atom is -0.426 e. The van der Waals surface area contributed by atoms with E-state index < -0.39 is 40.2 Å². The van der Waals surface area contributed by atoms with Crippen LogP contribution in [0.1, 0.15) is 83.0 Å². The Morgan fingerprint density at radius 2 is 0.936 bits per heavy atom. The average Bonchev–Trinajstić information content (AvgIpc) is 2.94. The van der Waals surface area contributed by atoms with E-state index in [1.165, 1.54) is 54.6 Å². The number of benzene rings is 3. The van der Waals surface area contributed by atoms with Gasteiger partial charge in [-0.25, -0.2) is 9.59 Å². The Bertz CT molecular complexity index is 1460. The minimum absolute atomic E-state index is 0. The van der Waals surface area contributed by atoms with Crippen molar-refractivity contribution in [2.75, 3.05) is 18.1 Å². The molecule has 3 aromatic carbocycles. The molecule has 11 heteroatoms. The number of carbonyl (C=O) groups excluding carboxylic acids is 4. The van der Waals surface area contributed by atoms with Crippen LogP contribution >= 0.6 is 12.4 Å². The summed E-state index contributed by atoms with van der Waals surface area (Å²) in [5.41, 5.74) is -0.878. The van der Waals surface area contributed by atoms with Gasteiger partial charge in [0, 0.05) is 36.0 Å². The number of halogens is 1. The number of rotatable bonds is 9. The molecule has 0 radical (unpaired) electrons. The van der Waals surface area contributed by atoms with Gasteiger partial charge in [-0.2, -0.15) is 0 Å². The first-order valence-corrected chi connectivity index (χ1v) is 14.9. The molecule has 0 heterocycles. The van der Waals surface area contributed by atoms with E-state index in [2.05, 4.69) is 0 Å². The number of nitrogens with zero attached hydrogens (tertiary/aromatic N) is 1. The highest BCUT2D eigenvalue weighted by atomic mass is 35.5. The van der Waals surface area contributed by atoms with Crippen molar-refractivity contribution < 1.29 is 43.2 Å². The topological polar surface area (TPSA) is 129 Å². The van der Waals surface area contributed by atoms with Crippen molar-refractivity contribution in [3.8, 4) is 23.0 Å². The summed E-state index contributed by atoms with van der Waals surface area (Å²) in [6, 6.07) is 16.6. The van der Waals surface area contributed by atoms with Gasteiger partial charge in [-0.1, -0.05) is 0 Å². The number of aliphatic hydroxyl groups excluding tert-OH is 1. The fourth-order valence-corrected chi connectivity index (χ4v) is 3.95. The number of β-amino-alcohol motifs (C(OH)–C–C–N with tert-alkyl or cyclic N) is 1. The predicted molar refractivity (Wildman–Crippen MR) is 181 cm³/mol. The molecular formula is C36H44ClNO9. The fourth-order valence-electron chi connectivity index (χ4n) is 3.95. The monoisotopic (exact) mass is 669 g/mol. The second-order valence-electron chi connectivity index (χ2n) is 13.8. The van der Waals surface area contributed by atoms with E-state index in [1.807, 2.05) is 25.7 Å². The van der Waals surface area contributed by atoms with Crippen molar-refractivity contribution in [3.05, 3.63) is 77.9 Å². The number of hydrogen-bond acceptors (Lipinski definition) is 10. The van der Waals surface area contributed by atoms with Crippen molar-refractivity contribution in [1.29, 1.82) is 0 Å². The van der Waals surface area contributed by atoms with Crippen LogP contribution in [0.2, 0.25) is 0 Å². The highest BCUT2D eigenvalue weighted by molar-refractivity contribution is 5.93. The third kappa shape index (κ3) is 11.1. The Kier molecular flexibility index (Phi) is 12.7. The largest absolute Gasteiger partial charge is 0.426 e. The average molecular weight is 670 g/mol. The maximum absolute atomic E-state index is 13.1. The van der Waals surface area contributed by atoms with Crippen LogP contribution in [0.15, 0.2) is 66.7 Å². The van der Waals surface area contributed by atoms with Crippen LogP contribution < -0.4 is 23.8 Å². The predicted octanol–water partition coefficient (Wildman–Crippen LogP) is 7.05. The third-order valence-corrected chi connectivity index (χ3v) is 6.56. The molecule has 0 amide bonds. The van der Waals surface area contributed by atoms with Crippen LogP contribution in [0.3, 0.4) is 0 Å². The SMILES string of the molecule is CC(C)(C)C(=O)Oc1ccc(C(=O)Oc2cc(OC(=O)c3ccc(OC(=O)C(C)(C)C)cc3)cc(N(CCO)C(C)(C)C)c2)cc1.Cl. The van der Waals surface area contributed by atoms with Gasteiger partial charge in [-0.3, -0.25) is 9.59 Å². The molecule has 0 unspecified atom stereocenters. The van der Waals surface area contributed by atoms with Crippen molar-refractivity contribution >= 4 is 42.0 Å². The summed E-state index contributed by atoms with van der Waals surface area (Å²) in [6.07, 6.45) is 0. The van der Waals surface area contributed by atoms with Gasteiger partial charge < -0.3 is 29.0 Å². The first-order valence-electron chi connectivity index (χ1n) is 14.9. The molecule has 10 nitrogen and oxygen atoms in total. The highest BCUT2D eigenvalue weighted by Crippen LogP contribution is 2.33. The summed E-state index contributed by atoms with van der Waals surface area (Å²) in [6.45, 7) is 16.4. The lowest BCUT2D eigenvalue weighted by Gasteiger charge is -2.37. The normalized spacial score (nSPS) is 11.5. The van der Waals surface area contributed by atoms with Gasteiger partial charge >= 0.3 is 23.9 Å². The maximum Gasteiger partial charge on any atom is 0.343 e. The number of esters is 4. The van der Waals surface area contributed by atoms with Gasteiger partial charge in [-0.05, 0) is 111 Å². The van der Waals surface area contributed by atoms with Gasteiger partial charge in [0.1, 0.15) is 23.0 Å². The number of aliphatic hydroxyl groups is 1. The summed E-state index contributed by atoms with van der Waals surface area (Å²) in [7, 11) is 0. The van der Waals surface area contributed by atoms with Crippen LogP contribution in [0.4, 0.5) is 5.69 Å². The minimum atomic E-state index is -0.689. The van der Waals surface area contributed by atoms with Gasteiger partial charge in [0.2, 0.25) is 0 Å². The van der Waals surface area contributed by atoms with Gasteiger partial charge in [-0.15, -0.1) is 12.4 Å². The van der Waals surface area contributed by atoms with Crippen molar-refractivity contribution in [2.24, 2.45) is 10.8 Å². The van der Waals surface area contributed by atoms with Crippen molar-refractivity contribution in [3.63, 3.8) is 0 Å².